The van der Waals surface area contributed by atoms with Crippen LogP contribution in [0.5, 0.6) is 0 Å². The van der Waals surface area contributed by atoms with Crippen molar-refractivity contribution >= 4 is 5.97 Å². The van der Waals surface area contributed by atoms with E-state index in [1.165, 1.54) is 13.2 Å². The number of carbonyl (C=O) groups is 1. The highest BCUT2D eigenvalue weighted by Crippen LogP contribution is 2.40. The number of aliphatic hydroxyl groups is 5. The van der Waals surface area contributed by atoms with Crippen molar-refractivity contribution in [2.45, 2.75) is 43.1 Å². The molecule has 3 aliphatic rings. The van der Waals surface area contributed by atoms with Crippen molar-refractivity contribution in [1.82, 2.24) is 0 Å². The maximum Gasteiger partial charge on any atom is 0.337 e. The first-order valence-corrected chi connectivity index (χ1v) is 8.15. The summed E-state index contributed by atoms with van der Waals surface area (Å²) >= 11 is 0. The summed E-state index contributed by atoms with van der Waals surface area (Å²) in [4.78, 5) is 11.8. The summed E-state index contributed by atoms with van der Waals surface area (Å²) in [5.41, 5.74) is 0.207. The fourth-order valence-corrected chi connectivity index (χ4v) is 3.39. The van der Waals surface area contributed by atoms with E-state index in [1.807, 2.05) is 0 Å². The largest absolute Gasteiger partial charge is 0.471 e. The third-order valence-corrected chi connectivity index (χ3v) is 4.86. The highest BCUT2D eigenvalue weighted by atomic mass is 16.8. The minimum absolute atomic E-state index is 0.207. The van der Waals surface area contributed by atoms with E-state index in [0.29, 0.717) is 0 Å². The Morgan fingerprint density at radius 3 is 2.50 bits per heavy atom. The van der Waals surface area contributed by atoms with Gasteiger partial charge in [-0.3, -0.25) is 0 Å². The first-order chi connectivity index (χ1) is 12.4. The molecule has 0 aromatic rings. The van der Waals surface area contributed by atoms with Crippen LogP contribution in [0.1, 0.15) is 0 Å². The minimum Gasteiger partial charge on any atom is -0.471 e. The van der Waals surface area contributed by atoms with Gasteiger partial charge in [-0.2, -0.15) is 0 Å². The molecule has 0 bridgehead atoms. The van der Waals surface area contributed by atoms with Crippen molar-refractivity contribution in [3.63, 3.8) is 0 Å². The number of aliphatic hydroxyl groups excluding tert-OH is 5. The van der Waals surface area contributed by atoms with Gasteiger partial charge in [0.2, 0.25) is 6.29 Å². The maximum atomic E-state index is 11.8. The number of hydrogen-bond acceptors (Lipinski definition) is 10. The van der Waals surface area contributed by atoms with Crippen LogP contribution < -0.4 is 0 Å². The van der Waals surface area contributed by atoms with Gasteiger partial charge >= 0.3 is 5.97 Å². The summed E-state index contributed by atoms with van der Waals surface area (Å²) in [6, 6.07) is 0. The first-order valence-electron chi connectivity index (χ1n) is 8.15. The van der Waals surface area contributed by atoms with Gasteiger partial charge in [0, 0.05) is 5.92 Å². The molecule has 0 radical (unpaired) electrons. The van der Waals surface area contributed by atoms with Gasteiger partial charge in [-0.1, -0.05) is 12.2 Å². The first kappa shape index (κ1) is 19.2. The van der Waals surface area contributed by atoms with Gasteiger partial charge in [0.1, 0.15) is 24.4 Å². The molecular weight excluding hydrogens is 352 g/mol. The van der Waals surface area contributed by atoms with Crippen molar-refractivity contribution < 1.29 is 49.3 Å². The van der Waals surface area contributed by atoms with Crippen LogP contribution in [-0.2, 0) is 23.7 Å². The zero-order valence-corrected chi connectivity index (χ0v) is 13.9. The molecule has 10 nitrogen and oxygen atoms in total. The Bertz CT molecular complexity index is 588. The summed E-state index contributed by atoms with van der Waals surface area (Å²) in [6.45, 7) is -0.598. The molecule has 3 rings (SSSR count). The highest BCUT2D eigenvalue weighted by Gasteiger charge is 2.50. The molecule has 1 saturated heterocycles. The van der Waals surface area contributed by atoms with Crippen molar-refractivity contribution in [1.29, 1.82) is 0 Å². The molecular formula is C16H22O10. The van der Waals surface area contributed by atoms with E-state index in [1.54, 1.807) is 6.08 Å². The van der Waals surface area contributed by atoms with Crippen LogP contribution >= 0.6 is 0 Å². The average molecular weight is 374 g/mol. The molecule has 26 heavy (non-hydrogen) atoms. The number of methoxy groups -OCH3 is 1. The molecule has 146 valence electrons. The second-order valence-electron chi connectivity index (χ2n) is 6.38. The third kappa shape index (κ3) is 3.25. The Morgan fingerprint density at radius 2 is 1.85 bits per heavy atom. The summed E-state index contributed by atoms with van der Waals surface area (Å²) in [6.07, 6.45) is -5.09. The average Bonchev–Trinajstić information content (AvgIpc) is 3.04. The summed E-state index contributed by atoms with van der Waals surface area (Å²) in [5, 5.41) is 49.1. The second-order valence-corrected chi connectivity index (χ2v) is 6.38. The number of rotatable bonds is 4. The van der Waals surface area contributed by atoms with Gasteiger partial charge in [-0.15, -0.1) is 0 Å². The molecule has 1 fully saturated rings. The Balaban J connectivity index is 1.77. The Kier molecular flexibility index (Phi) is 5.63. The van der Waals surface area contributed by atoms with E-state index < -0.39 is 67.5 Å². The monoisotopic (exact) mass is 374 g/mol. The van der Waals surface area contributed by atoms with Gasteiger partial charge in [0.15, 0.2) is 6.29 Å². The van der Waals surface area contributed by atoms with Crippen LogP contribution in [0.3, 0.4) is 0 Å². The molecule has 0 amide bonds. The lowest BCUT2D eigenvalue weighted by atomic mass is 9.85. The molecule has 9 atom stereocenters. The van der Waals surface area contributed by atoms with Crippen LogP contribution in [0.2, 0.25) is 0 Å². The van der Waals surface area contributed by atoms with E-state index in [-0.39, 0.29) is 5.57 Å². The molecule has 5 N–H and O–H groups in total. The number of esters is 1. The van der Waals surface area contributed by atoms with Gasteiger partial charge in [0.25, 0.3) is 0 Å². The number of allylic oxidation sites excluding steroid dienone is 1. The Labute approximate surface area is 148 Å². The zero-order valence-electron chi connectivity index (χ0n) is 13.9. The van der Waals surface area contributed by atoms with Crippen LogP contribution in [0, 0.1) is 11.8 Å². The topological polar surface area (TPSA) is 155 Å². The normalized spacial score (nSPS) is 44.8. The molecule has 0 aromatic heterocycles. The Morgan fingerprint density at radius 1 is 1.12 bits per heavy atom. The van der Waals surface area contributed by atoms with Crippen molar-refractivity contribution in [3.8, 4) is 0 Å². The van der Waals surface area contributed by atoms with Crippen LogP contribution in [0.15, 0.2) is 24.0 Å². The number of fused-ring (bicyclic) bond motifs is 1. The lowest BCUT2D eigenvalue weighted by molar-refractivity contribution is -0.343. The molecule has 9 unspecified atom stereocenters. The summed E-state index contributed by atoms with van der Waals surface area (Å²) in [7, 11) is 1.23. The molecule has 2 aliphatic heterocycles. The lowest BCUT2D eigenvalue weighted by Crippen LogP contribution is -2.60. The van der Waals surface area contributed by atoms with Gasteiger partial charge in [-0.25, -0.2) is 4.79 Å². The zero-order chi connectivity index (χ0) is 19.0. The molecule has 0 aromatic carbocycles. The SMILES string of the molecule is COC(=O)C1=COC(OC2OC(CO)C(O)C(O)C2O)C2C(O)C=CC12. The van der Waals surface area contributed by atoms with E-state index >= 15 is 0 Å². The number of ether oxygens (including phenoxy) is 4. The van der Waals surface area contributed by atoms with E-state index in [2.05, 4.69) is 0 Å². The van der Waals surface area contributed by atoms with E-state index in [0.717, 1.165) is 6.26 Å². The third-order valence-electron chi connectivity index (χ3n) is 4.86. The van der Waals surface area contributed by atoms with Gasteiger partial charge in [-0.05, 0) is 0 Å². The van der Waals surface area contributed by atoms with Gasteiger partial charge < -0.3 is 44.5 Å². The van der Waals surface area contributed by atoms with Crippen LogP contribution in [0.4, 0.5) is 0 Å². The van der Waals surface area contributed by atoms with E-state index in [9.17, 15) is 30.3 Å². The van der Waals surface area contributed by atoms with Crippen molar-refractivity contribution in [2.75, 3.05) is 13.7 Å². The predicted molar refractivity (Wildman–Crippen MR) is 82.0 cm³/mol. The smallest absolute Gasteiger partial charge is 0.337 e. The summed E-state index contributed by atoms with van der Waals surface area (Å²) in [5.74, 6) is -1.84. The standard InChI is InChI=1S/C16H22O10/c1-23-14(22)7-5-24-15(10-6(7)2-3-8(10)18)26-16-13(21)12(20)11(19)9(4-17)25-16/h2-3,5-6,8-13,15-21H,4H2,1H3. The molecule has 2 heterocycles. The molecule has 10 heteroatoms. The van der Waals surface area contributed by atoms with Crippen LogP contribution in [0.25, 0.3) is 0 Å². The highest BCUT2D eigenvalue weighted by molar-refractivity contribution is 5.89. The molecule has 1 aliphatic carbocycles. The lowest BCUT2D eigenvalue weighted by Gasteiger charge is -2.42. The molecule has 0 spiro atoms. The van der Waals surface area contributed by atoms with E-state index in [4.69, 9.17) is 18.9 Å². The van der Waals surface area contributed by atoms with Crippen LogP contribution in [-0.4, -0.2) is 88.3 Å². The second kappa shape index (κ2) is 7.61. The number of carbonyl (C=O) groups excluding carboxylic acids is 1. The molecule has 0 saturated carbocycles. The summed E-state index contributed by atoms with van der Waals surface area (Å²) < 4.78 is 20.9. The fourth-order valence-electron chi connectivity index (χ4n) is 3.39. The fraction of sp³-hybridized carbons (Fsp3) is 0.688. The minimum atomic E-state index is -1.60. The van der Waals surface area contributed by atoms with Gasteiger partial charge in [0.05, 0.1) is 37.6 Å². The Hall–Kier alpha value is -1.53. The van der Waals surface area contributed by atoms with Crippen molar-refractivity contribution in [2.24, 2.45) is 11.8 Å². The number of hydrogen-bond donors (Lipinski definition) is 5. The maximum absolute atomic E-state index is 11.8. The quantitative estimate of drug-likeness (QED) is 0.261. The predicted octanol–water partition coefficient (Wildman–Crippen LogP) is -2.62. The van der Waals surface area contributed by atoms with Crippen molar-refractivity contribution in [3.05, 3.63) is 24.0 Å².